The van der Waals surface area contributed by atoms with Crippen molar-refractivity contribution in [2.45, 2.75) is 13.1 Å². The van der Waals surface area contributed by atoms with Crippen LogP contribution in [0.25, 0.3) is 16.9 Å². The predicted molar refractivity (Wildman–Crippen MR) is 110 cm³/mol. The van der Waals surface area contributed by atoms with E-state index < -0.39 is 0 Å². The normalized spacial score (nSPS) is 12.3. The van der Waals surface area contributed by atoms with Crippen molar-refractivity contribution in [2.24, 2.45) is 0 Å². The summed E-state index contributed by atoms with van der Waals surface area (Å²) in [6, 6.07) is 20.1. The third-order valence-corrected chi connectivity index (χ3v) is 4.83. The van der Waals surface area contributed by atoms with Gasteiger partial charge in [0.1, 0.15) is 0 Å². The summed E-state index contributed by atoms with van der Waals surface area (Å²) < 4.78 is 12.8. The Morgan fingerprint density at radius 2 is 1.83 bits per heavy atom. The summed E-state index contributed by atoms with van der Waals surface area (Å²) in [6.07, 6.45) is 5.69. The second kappa shape index (κ2) is 7.77. The van der Waals surface area contributed by atoms with Crippen LogP contribution in [0, 0.1) is 0 Å². The van der Waals surface area contributed by atoms with Crippen molar-refractivity contribution in [2.75, 3.05) is 6.79 Å². The molecule has 0 spiro atoms. The first-order valence-corrected chi connectivity index (χ1v) is 9.50. The topological polar surface area (TPSA) is 61.2 Å². The molecule has 0 saturated heterocycles. The Kier molecular flexibility index (Phi) is 4.68. The molecule has 6 nitrogen and oxygen atoms in total. The fraction of sp³-hybridized carbons (Fsp3) is 0.130. The Bertz CT molecular complexity index is 1110. The van der Waals surface area contributed by atoms with Crippen LogP contribution < -0.4 is 14.8 Å². The Balaban J connectivity index is 1.37. The van der Waals surface area contributed by atoms with Crippen molar-refractivity contribution in [3.63, 3.8) is 0 Å². The molecule has 1 aliphatic rings. The van der Waals surface area contributed by atoms with E-state index in [0.717, 1.165) is 46.1 Å². The van der Waals surface area contributed by atoms with Gasteiger partial charge in [0.15, 0.2) is 11.5 Å². The Morgan fingerprint density at radius 1 is 0.931 bits per heavy atom. The molecule has 0 saturated carbocycles. The minimum absolute atomic E-state index is 0.291. The van der Waals surface area contributed by atoms with Crippen LogP contribution in [0.4, 0.5) is 0 Å². The van der Waals surface area contributed by atoms with Gasteiger partial charge in [-0.25, -0.2) is 4.68 Å². The van der Waals surface area contributed by atoms with Gasteiger partial charge >= 0.3 is 0 Å². The number of hydrogen-bond acceptors (Lipinski definition) is 5. The molecule has 0 atom stereocenters. The summed E-state index contributed by atoms with van der Waals surface area (Å²) in [5.41, 5.74) is 5.22. The smallest absolute Gasteiger partial charge is 0.231 e. The number of ether oxygens (including phenoxy) is 2. The summed E-state index contributed by atoms with van der Waals surface area (Å²) in [5.74, 6) is 1.61. The molecule has 29 heavy (non-hydrogen) atoms. The Labute approximate surface area is 168 Å². The molecule has 0 fully saturated rings. The van der Waals surface area contributed by atoms with Gasteiger partial charge in [0, 0.05) is 42.8 Å². The highest BCUT2D eigenvalue weighted by molar-refractivity contribution is 5.62. The lowest BCUT2D eigenvalue weighted by molar-refractivity contribution is 0.174. The molecule has 3 heterocycles. The molecule has 4 aromatic rings. The number of benzene rings is 2. The lowest BCUT2D eigenvalue weighted by atomic mass is 10.1. The molecule has 1 N–H and O–H groups in total. The molecular weight excluding hydrogens is 364 g/mol. The second-order valence-electron chi connectivity index (χ2n) is 6.82. The molecule has 2 aromatic carbocycles. The molecule has 0 unspecified atom stereocenters. The summed E-state index contributed by atoms with van der Waals surface area (Å²) in [7, 11) is 0. The largest absolute Gasteiger partial charge is 0.454 e. The number of nitrogens with zero attached hydrogens (tertiary/aromatic N) is 3. The van der Waals surface area contributed by atoms with Gasteiger partial charge in [-0.2, -0.15) is 5.10 Å². The SMILES string of the molecule is c1ccc(-n2cc(CNCc3ccc4c(c3)OCO4)c(-c3cccnc3)n2)cc1. The highest BCUT2D eigenvalue weighted by atomic mass is 16.7. The van der Waals surface area contributed by atoms with Gasteiger partial charge in [0.25, 0.3) is 0 Å². The monoisotopic (exact) mass is 384 g/mol. The van der Waals surface area contributed by atoms with Crippen LogP contribution in [0.5, 0.6) is 11.5 Å². The van der Waals surface area contributed by atoms with Crippen molar-refractivity contribution in [3.8, 4) is 28.4 Å². The molecule has 0 aliphatic carbocycles. The van der Waals surface area contributed by atoms with Crippen LogP contribution in [0.2, 0.25) is 0 Å². The van der Waals surface area contributed by atoms with Crippen LogP contribution in [0.3, 0.4) is 0 Å². The van der Waals surface area contributed by atoms with Gasteiger partial charge in [-0.3, -0.25) is 4.98 Å². The fourth-order valence-electron chi connectivity index (χ4n) is 3.39. The lowest BCUT2D eigenvalue weighted by Crippen LogP contribution is -2.12. The van der Waals surface area contributed by atoms with Crippen LogP contribution in [-0.4, -0.2) is 21.6 Å². The molecule has 0 amide bonds. The van der Waals surface area contributed by atoms with E-state index in [2.05, 4.69) is 22.6 Å². The summed E-state index contributed by atoms with van der Waals surface area (Å²) in [5, 5.41) is 8.34. The third-order valence-electron chi connectivity index (χ3n) is 4.83. The number of fused-ring (bicyclic) bond motifs is 1. The van der Waals surface area contributed by atoms with E-state index >= 15 is 0 Å². The van der Waals surface area contributed by atoms with Gasteiger partial charge < -0.3 is 14.8 Å². The van der Waals surface area contributed by atoms with Crippen LogP contribution >= 0.6 is 0 Å². The number of pyridine rings is 1. The van der Waals surface area contributed by atoms with Gasteiger partial charge in [0.05, 0.1) is 11.4 Å². The number of nitrogens with one attached hydrogen (secondary N) is 1. The first kappa shape index (κ1) is 17.5. The number of hydrogen-bond donors (Lipinski definition) is 1. The minimum Gasteiger partial charge on any atom is -0.454 e. The first-order chi connectivity index (χ1) is 14.4. The van der Waals surface area contributed by atoms with E-state index in [9.17, 15) is 0 Å². The maximum absolute atomic E-state index is 5.46. The van der Waals surface area contributed by atoms with E-state index in [1.165, 1.54) is 0 Å². The molecule has 0 bridgehead atoms. The zero-order chi connectivity index (χ0) is 19.5. The molecule has 0 radical (unpaired) electrons. The number of aromatic nitrogens is 3. The third kappa shape index (κ3) is 3.70. The van der Waals surface area contributed by atoms with Crippen LogP contribution in [-0.2, 0) is 13.1 Å². The molecule has 144 valence electrons. The maximum Gasteiger partial charge on any atom is 0.231 e. The van der Waals surface area contributed by atoms with Crippen molar-refractivity contribution in [1.29, 1.82) is 0 Å². The van der Waals surface area contributed by atoms with Crippen molar-refractivity contribution in [1.82, 2.24) is 20.1 Å². The zero-order valence-corrected chi connectivity index (χ0v) is 15.8. The average molecular weight is 384 g/mol. The Hall–Kier alpha value is -3.64. The maximum atomic E-state index is 5.46. The standard InChI is InChI=1S/C23H20N4O2/c1-2-6-20(7-3-1)27-15-19(23(26-27)18-5-4-10-24-13-18)14-25-12-17-8-9-21-22(11-17)29-16-28-21/h1-11,13,15,25H,12,14,16H2. The quantitative estimate of drug-likeness (QED) is 0.545. The van der Waals surface area contributed by atoms with Crippen molar-refractivity contribution < 1.29 is 9.47 Å². The van der Waals surface area contributed by atoms with Gasteiger partial charge in [-0.15, -0.1) is 0 Å². The minimum atomic E-state index is 0.291. The summed E-state index contributed by atoms with van der Waals surface area (Å²) in [6.45, 7) is 1.70. The van der Waals surface area contributed by atoms with Gasteiger partial charge in [-0.05, 0) is 42.0 Å². The summed E-state index contributed by atoms with van der Waals surface area (Å²) >= 11 is 0. The van der Waals surface area contributed by atoms with Crippen LogP contribution in [0.1, 0.15) is 11.1 Å². The van der Waals surface area contributed by atoms with Gasteiger partial charge in [0.2, 0.25) is 6.79 Å². The van der Waals surface area contributed by atoms with E-state index in [1.54, 1.807) is 6.20 Å². The molecule has 2 aromatic heterocycles. The molecule has 5 rings (SSSR count). The van der Waals surface area contributed by atoms with Crippen molar-refractivity contribution in [3.05, 3.63) is 90.4 Å². The van der Waals surface area contributed by atoms with Crippen molar-refractivity contribution >= 4 is 0 Å². The lowest BCUT2D eigenvalue weighted by Gasteiger charge is -2.06. The highest BCUT2D eigenvalue weighted by Crippen LogP contribution is 2.32. The zero-order valence-electron chi connectivity index (χ0n) is 15.8. The van der Waals surface area contributed by atoms with E-state index in [4.69, 9.17) is 14.6 Å². The van der Waals surface area contributed by atoms with E-state index in [0.29, 0.717) is 13.3 Å². The van der Waals surface area contributed by atoms with E-state index in [-0.39, 0.29) is 0 Å². The molecule has 6 heteroatoms. The van der Waals surface area contributed by atoms with Gasteiger partial charge in [-0.1, -0.05) is 24.3 Å². The first-order valence-electron chi connectivity index (χ1n) is 9.50. The number of para-hydroxylation sites is 1. The number of rotatable bonds is 6. The highest BCUT2D eigenvalue weighted by Gasteiger charge is 2.14. The molecule has 1 aliphatic heterocycles. The fourth-order valence-corrected chi connectivity index (χ4v) is 3.39. The van der Waals surface area contributed by atoms with Crippen LogP contribution in [0.15, 0.2) is 79.3 Å². The molecular formula is C23H20N4O2. The van der Waals surface area contributed by atoms with E-state index in [1.807, 2.05) is 65.5 Å². The Morgan fingerprint density at radius 3 is 2.69 bits per heavy atom. The summed E-state index contributed by atoms with van der Waals surface area (Å²) in [4.78, 5) is 4.25. The average Bonchev–Trinajstić information content (AvgIpc) is 3.42. The second-order valence-corrected chi connectivity index (χ2v) is 6.82. The predicted octanol–water partition coefficient (Wildman–Crippen LogP) is 3.95.